The lowest BCUT2D eigenvalue weighted by Crippen LogP contribution is -2.36. The zero-order chi connectivity index (χ0) is 12.0. The number of nitrogens with zero attached hydrogens (tertiary/aromatic N) is 1. The minimum Gasteiger partial charge on any atom is -0.505 e. The summed E-state index contributed by atoms with van der Waals surface area (Å²) in [6, 6.07) is 3.16. The monoisotopic (exact) mass is 240 g/mol. The van der Waals surface area contributed by atoms with E-state index in [-0.39, 0.29) is 23.4 Å². The van der Waals surface area contributed by atoms with E-state index in [4.69, 9.17) is 0 Å². The van der Waals surface area contributed by atoms with Gasteiger partial charge in [-0.25, -0.2) is 4.98 Å². The van der Waals surface area contributed by atoms with Gasteiger partial charge in [-0.15, -0.1) is 0 Å². The van der Waals surface area contributed by atoms with Crippen LogP contribution in [0.15, 0.2) is 18.3 Å². The van der Waals surface area contributed by atoms with E-state index in [0.29, 0.717) is 0 Å². The van der Waals surface area contributed by atoms with E-state index in [0.717, 1.165) is 12.2 Å². The normalized spacial score (nSPS) is 12.1. The van der Waals surface area contributed by atoms with Gasteiger partial charge in [0.15, 0.2) is 5.69 Å². The van der Waals surface area contributed by atoms with E-state index in [1.165, 1.54) is 12.3 Å². The summed E-state index contributed by atoms with van der Waals surface area (Å²) < 4.78 is 0. The molecular formula is C11H16N2O2S. The predicted molar refractivity (Wildman–Crippen MR) is 65.8 cm³/mol. The van der Waals surface area contributed by atoms with Gasteiger partial charge in [0.05, 0.1) is 0 Å². The van der Waals surface area contributed by atoms with Crippen LogP contribution in [0, 0.1) is 0 Å². The number of pyridine rings is 1. The number of aromatic hydroxyl groups is 1. The van der Waals surface area contributed by atoms with Crippen molar-refractivity contribution < 1.29 is 9.90 Å². The first-order valence-electron chi connectivity index (χ1n) is 5.12. The van der Waals surface area contributed by atoms with Crippen LogP contribution in [0.2, 0.25) is 0 Å². The molecule has 0 aliphatic heterocycles. The summed E-state index contributed by atoms with van der Waals surface area (Å²) in [5.74, 6) is 0.452. The number of aromatic nitrogens is 1. The number of carbonyl (C=O) groups excluding carboxylic acids is 1. The Labute approximate surface area is 99.5 Å². The topological polar surface area (TPSA) is 62.2 Å². The van der Waals surface area contributed by atoms with E-state index < -0.39 is 0 Å². The SMILES string of the molecule is CCC(CSC)NC(=O)c1ncccc1O. The maximum atomic E-state index is 11.8. The minimum atomic E-state index is -0.320. The molecule has 0 saturated heterocycles. The molecule has 4 nitrogen and oxygen atoms in total. The first-order valence-corrected chi connectivity index (χ1v) is 6.52. The van der Waals surface area contributed by atoms with Gasteiger partial charge in [-0.2, -0.15) is 11.8 Å². The van der Waals surface area contributed by atoms with Crippen molar-refractivity contribution in [2.75, 3.05) is 12.0 Å². The molecule has 1 rings (SSSR count). The third-order valence-corrected chi connectivity index (χ3v) is 2.93. The quantitative estimate of drug-likeness (QED) is 0.821. The molecule has 0 spiro atoms. The van der Waals surface area contributed by atoms with Crippen molar-refractivity contribution in [1.82, 2.24) is 10.3 Å². The number of nitrogens with one attached hydrogen (secondary N) is 1. The first kappa shape index (κ1) is 12.8. The predicted octanol–water partition coefficient (Wildman–Crippen LogP) is 1.66. The van der Waals surface area contributed by atoms with Gasteiger partial charge < -0.3 is 10.4 Å². The Bertz CT molecular complexity index is 358. The van der Waals surface area contributed by atoms with Crippen LogP contribution in [0.25, 0.3) is 0 Å². The second kappa shape index (κ2) is 6.37. The van der Waals surface area contributed by atoms with Crippen molar-refractivity contribution in [2.24, 2.45) is 0 Å². The van der Waals surface area contributed by atoms with Gasteiger partial charge in [0, 0.05) is 18.0 Å². The van der Waals surface area contributed by atoms with Crippen molar-refractivity contribution in [3.05, 3.63) is 24.0 Å². The van der Waals surface area contributed by atoms with Gasteiger partial charge in [0.25, 0.3) is 5.91 Å². The van der Waals surface area contributed by atoms with Crippen LogP contribution >= 0.6 is 11.8 Å². The standard InChI is InChI=1S/C11H16N2O2S/c1-3-8(7-16-2)13-11(15)10-9(14)5-4-6-12-10/h4-6,8,14H,3,7H2,1-2H3,(H,13,15). The highest BCUT2D eigenvalue weighted by Gasteiger charge is 2.15. The Morgan fingerprint density at radius 1 is 1.69 bits per heavy atom. The Hall–Kier alpha value is -1.23. The summed E-state index contributed by atoms with van der Waals surface area (Å²) in [6.07, 6.45) is 4.34. The van der Waals surface area contributed by atoms with Gasteiger partial charge in [-0.3, -0.25) is 4.79 Å². The molecule has 0 bridgehead atoms. The first-order chi connectivity index (χ1) is 7.69. The molecule has 5 heteroatoms. The van der Waals surface area contributed by atoms with E-state index in [1.807, 2.05) is 13.2 Å². The molecule has 0 aromatic carbocycles. The fourth-order valence-electron chi connectivity index (χ4n) is 1.29. The highest BCUT2D eigenvalue weighted by Crippen LogP contribution is 2.13. The van der Waals surface area contributed by atoms with Crippen LogP contribution < -0.4 is 5.32 Å². The molecule has 1 amide bonds. The van der Waals surface area contributed by atoms with E-state index >= 15 is 0 Å². The summed E-state index contributed by atoms with van der Waals surface area (Å²) in [5, 5.41) is 12.3. The van der Waals surface area contributed by atoms with Gasteiger partial charge in [0.1, 0.15) is 5.75 Å². The summed E-state index contributed by atoms with van der Waals surface area (Å²) in [4.78, 5) is 15.6. The average molecular weight is 240 g/mol. The van der Waals surface area contributed by atoms with Gasteiger partial charge in [0.2, 0.25) is 0 Å². The summed E-state index contributed by atoms with van der Waals surface area (Å²) in [7, 11) is 0. The largest absolute Gasteiger partial charge is 0.505 e. The van der Waals surface area contributed by atoms with Crippen molar-refractivity contribution in [1.29, 1.82) is 0 Å². The zero-order valence-corrected chi connectivity index (χ0v) is 10.3. The highest BCUT2D eigenvalue weighted by atomic mass is 32.2. The molecule has 1 atom stereocenters. The van der Waals surface area contributed by atoms with E-state index in [9.17, 15) is 9.90 Å². The molecule has 0 fully saturated rings. The Morgan fingerprint density at radius 2 is 2.44 bits per heavy atom. The Kier molecular flexibility index (Phi) is 5.11. The smallest absolute Gasteiger partial charge is 0.273 e. The lowest BCUT2D eigenvalue weighted by Gasteiger charge is -2.15. The summed E-state index contributed by atoms with van der Waals surface area (Å²) in [6.45, 7) is 2.01. The molecular weight excluding hydrogens is 224 g/mol. The molecule has 1 aromatic heterocycles. The lowest BCUT2D eigenvalue weighted by atomic mass is 10.2. The molecule has 0 aliphatic rings. The van der Waals surface area contributed by atoms with Crippen LogP contribution in [0.3, 0.4) is 0 Å². The van der Waals surface area contributed by atoms with Crippen molar-refractivity contribution >= 4 is 17.7 Å². The average Bonchev–Trinajstić information content (AvgIpc) is 2.28. The number of rotatable bonds is 5. The number of hydrogen-bond acceptors (Lipinski definition) is 4. The second-order valence-electron chi connectivity index (χ2n) is 3.41. The number of carbonyl (C=O) groups is 1. The molecule has 0 radical (unpaired) electrons. The molecule has 88 valence electrons. The molecule has 0 saturated carbocycles. The van der Waals surface area contributed by atoms with Gasteiger partial charge >= 0.3 is 0 Å². The Balaban J connectivity index is 2.68. The van der Waals surface area contributed by atoms with Gasteiger partial charge in [-0.1, -0.05) is 6.92 Å². The lowest BCUT2D eigenvalue weighted by molar-refractivity contribution is 0.0932. The third kappa shape index (κ3) is 3.41. The van der Waals surface area contributed by atoms with Crippen molar-refractivity contribution in [3.63, 3.8) is 0 Å². The molecule has 1 heterocycles. The molecule has 1 unspecified atom stereocenters. The zero-order valence-electron chi connectivity index (χ0n) is 9.43. The molecule has 0 aliphatic carbocycles. The van der Waals surface area contributed by atoms with Crippen LogP contribution in [0.5, 0.6) is 5.75 Å². The van der Waals surface area contributed by atoms with E-state index in [1.54, 1.807) is 17.8 Å². The number of hydrogen-bond donors (Lipinski definition) is 2. The molecule has 1 aromatic rings. The van der Waals surface area contributed by atoms with Crippen LogP contribution in [-0.4, -0.2) is 34.0 Å². The fraction of sp³-hybridized carbons (Fsp3) is 0.455. The maximum absolute atomic E-state index is 11.8. The molecule has 2 N–H and O–H groups in total. The summed E-state index contributed by atoms with van der Waals surface area (Å²) in [5.41, 5.74) is 0.0852. The number of thioether (sulfide) groups is 1. The van der Waals surface area contributed by atoms with Crippen molar-refractivity contribution in [2.45, 2.75) is 19.4 Å². The second-order valence-corrected chi connectivity index (χ2v) is 4.32. The third-order valence-electron chi connectivity index (χ3n) is 2.20. The highest BCUT2D eigenvalue weighted by molar-refractivity contribution is 7.98. The fourth-order valence-corrected chi connectivity index (χ4v) is 2.01. The van der Waals surface area contributed by atoms with Gasteiger partial charge in [-0.05, 0) is 24.8 Å². The van der Waals surface area contributed by atoms with E-state index in [2.05, 4.69) is 10.3 Å². The Morgan fingerprint density at radius 3 is 3.00 bits per heavy atom. The van der Waals surface area contributed by atoms with Crippen LogP contribution in [0.1, 0.15) is 23.8 Å². The summed E-state index contributed by atoms with van der Waals surface area (Å²) >= 11 is 1.68. The molecule has 16 heavy (non-hydrogen) atoms. The number of amides is 1. The maximum Gasteiger partial charge on any atom is 0.273 e. The van der Waals surface area contributed by atoms with Crippen LogP contribution in [0.4, 0.5) is 0 Å². The van der Waals surface area contributed by atoms with Crippen LogP contribution in [-0.2, 0) is 0 Å². The van der Waals surface area contributed by atoms with Crippen molar-refractivity contribution in [3.8, 4) is 5.75 Å². The minimum absolute atomic E-state index is 0.0843.